The highest BCUT2D eigenvalue weighted by Gasteiger charge is 2.15. The number of hydrogen-bond donors (Lipinski definition) is 0. The van der Waals surface area contributed by atoms with E-state index in [4.69, 9.17) is 14.2 Å². The van der Waals surface area contributed by atoms with Gasteiger partial charge in [0, 0.05) is 20.0 Å². The Labute approximate surface area is 211 Å². The Balaban J connectivity index is 3.59. The van der Waals surface area contributed by atoms with E-state index in [-0.39, 0.29) is 25.2 Å². The first-order valence-corrected chi connectivity index (χ1v) is 14.5. The van der Waals surface area contributed by atoms with Gasteiger partial charge in [-0.3, -0.25) is 9.59 Å². The van der Waals surface area contributed by atoms with E-state index in [2.05, 4.69) is 13.8 Å². The number of carbonyl (C=O) groups is 2. The van der Waals surface area contributed by atoms with Gasteiger partial charge in [0.2, 0.25) is 0 Å². The first kappa shape index (κ1) is 32.9. The predicted molar refractivity (Wildman–Crippen MR) is 141 cm³/mol. The first-order chi connectivity index (χ1) is 16.6. The third-order valence-electron chi connectivity index (χ3n) is 6.19. The van der Waals surface area contributed by atoms with E-state index in [0.717, 1.165) is 25.7 Å². The number of hydrogen-bond acceptors (Lipinski definition) is 5. The monoisotopic (exact) mass is 484 g/mol. The van der Waals surface area contributed by atoms with Crippen LogP contribution in [0.4, 0.5) is 0 Å². The van der Waals surface area contributed by atoms with E-state index in [1.807, 2.05) is 0 Å². The average Bonchev–Trinajstić information content (AvgIpc) is 2.81. The number of ether oxygens (including phenoxy) is 3. The standard InChI is InChI=1S/C29H56O5/c1-4-6-8-10-11-12-13-14-15-16-17-18-20-22-24-32-25-28(34-27(3)30)26-33-29(31)23-21-19-9-7-5-2/h28H,4-26H2,1-3H3/t28-/m1/s1. The molecule has 0 fully saturated rings. The van der Waals surface area contributed by atoms with E-state index in [0.29, 0.717) is 13.0 Å². The van der Waals surface area contributed by atoms with E-state index in [1.54, 1.807) is 0 Å². The fraction of sp³-hybridized carbons (Fsp3) is 0.931. The minimum atomic E-state index is -0.520. The lowest BCUT2D eigenvalue weighted by Gasteiger charge is -2.17. The van der Waals surface area contributed by atoms with Crippen LogP contribution in [0, 0.1) is 0 Å². The van der Waals surface area contributed by atoms with Crippen molar-refractivity contribution in [2.75, 3.05) is 19.8 Å². The summed E-state index contributed by atoms with van der Waals surface area (Å²) in [5, 5.41) is 0. The fourth-order valence-electron chi connectivity index (χ4n) is 4.10. The molecule has 0 aliphatic heterocycles. The van der Waals surface area contributed by atoms with Crippen LogP contribution in [-0.2, 0) is 23.8 Å². The lowest BCUT2D eigenvalue weighted by atomic mass is 10.0. The maximum atomic E-state index is 11.9. The smallest absolute Gasteiger partial charge is 0.305 e. The molecule has 0 unspecified atom stereocenters. The van der Waals surface area contributed by atoms with Crippen LogP contribution in [0.1, 0.15) is 149 Å². The summed E-state index contributed by atoms with van der Waals surface area (Å²) < 4.78 is 16.2. The molecular weight excluding hydrogens is 428 g/mol. The van der Waals surface area contributed by atoms with Crippen LogP contribution < -0.4 is 0 Å². The zero-order chi connectivity index (χ0) is 25.1. The van der Waals surface area contributed by atoms with Gasteiger partial charge < -0.3 is 14.2 Å². The number of esters is 2. The molecule has 0 aromatic heterocycles. The van der Waals surface area contributed by atoms with Crippen molar-refractivity contribution in [2.24, 2.45) is 0 Å². The molecule has 0 saturated heterocycles. The lowest BCUT2D eigenvalue weighted by Crippen LogP contribution is -2.29. The molecule has 0 rings (SSSR count). The van der Waals surface area contributed by atoms with Gasteiger partial charge in [-0.2, -0.15) is 0 Å². The van der Waals surface area contributed by atoms with Gasteiger partial charge in [0.1, 0.15) is 6.61 Å². The highest BCUT2D eigenvalue weighted by Crippen LogP contribution is 2.13. The van der Waals surface area contributed by atoms with E-state index >= 15 is 0 Å². The largest absolute Gasteiger partial charge is 0.462 e. The normalized spacial score (nSPS) is 12.0. The Morgan fingerprint density at radius 1 is 0.588 bits per heavy atom. The fourth-order valence-corrected chi connectivity index (χ4v) is 4.10. The molecule has 0 N–H and O–H groups in total. The summed E-state index contributed by atoms with van der Waals surface area (Å²) >= 11 is 0. The van der Waals surface area contributed by atoms with Crippen LogP contribution in [0.2, 0.25) is 0 Å². The van der Waals surface area contributed by atoms with Crippen molar-refractivity contribution in [1.82, 2.24) is 0 Å². The van der Waals surface area contributed by atoms with Crippen LogP contribution in [-0.4, -0.2) is 37.9 Å². The molecule has 0 saturated carbocycles. The first-order valence-electron chi connectivity index (χ1n) is 14.5. The maximum Gasteiger partial charge on any atom is 0.305 e. The van der Waals surface area contributed by atoms with Gasteiger partial charge in [-0.25, -0.2) is 0 Å². The molecular formula is C29H56O5. The van der Waals surface area contributed by atoms with Gasteiger partial charge in [-0.1, -0.05) is 123 Å². The van der Waals surface area contributed by atoms with E-state index in [1.165, 1.54) is 103 Å². The van der Waals surface area contributed by atoms with Gasteiger partial charge in [-0.05, 0) is 12.8 Å². The number of unbranched alkanes of at least 4 members (excludes halogenated alkanes) is 17. The van der Waals surface area contributed by atoms with Crippen LogP contribution in [0.5, 0.6) is 0 Å². The molecule has 34 heavy (non-hydrogen) atoms. The average molecular weight is 485 g/mol. The molecule has 0 bridgehead atoms. The van der Waals surface area contributed by atoms with Gasteiger partial charge in [0.25, 0.3) is 0 Å². The minimum absolute atomic E-state index is 0.0755. The molecule has 202 valence electrons. The van der Waals surface area contributed by atoms with Gasteiger partial charge in [0.05, 0.1) is 6.61 Å². The molecule has 0 aromatic rings. The second-order valence-corrected chi connectivity index (χ2v) is 9.75. The van der Waals surface area contributed by atoms with E-state index in [9.17, 15) is 9.59 Å². The molecule has 1 atom stereocenters. The zero-order valence-corrected chi connectivity index (χ0v) is 22.9. The van der Waals surface area contributed by atoms with Crippen LogP contribution in [0.15, 0.2) is 0 Å². The Morgan fingerprint density at radius 3 is 1.50 bits per heavy atom. The Bertz CT molecular complexity index is 452. The maximum absolute atomic E-state index is 11.9. The summed E-state index contributed by atoms with van der Waals surface area (Å²) in [7, 11) is 0. The summed E-state index contributed by atoms with van der Waals surface area (Å²) in [5.74, 6) is -0.596. The van der Waals surface area contributed by atoms with Crippen molar-refractivity contribution >= 4 is 11.9 Å². The number of rotatable bonds is 26. The summed E-state index contributed by atoms with van der Waals surface area (Å²) in [6.45, 7) is 6.82. The molecule has 0 spiro atoms. The van der Waals surface area contributed by atoms with Crippen molar-refractivity contribution in [1.29, 1.82) is 0 Å². The molecule has 0 aliphatic carbocycles. The molecule has 0 aromatic carbocycles. The van der Waals surface area contributed by atoms with Gasteiger partial charge in [0.15, 0.2) is 6.10 Å². The predicted octanol–water partition coefficient (Wildman–Crippen LogP) is 8.32. The minimum Gasteiger partial charge on any atom is -0.462 e. The molecule has 0 radical (unpaired) electrons. The summed E-state index contributed by atoms with van der Waals surface area (Å²) in [4.78, 5) is 23.2. The number of carbonyl (C=O) groups excluding carboxylic acids is 2. The Hall–Kier alpha value is -1.10. The second kappa shape index (κ2) is 26.5. The van der Waals surface area contributed by atoms with Crippen LogP contribution >= 0.6 is 0 Å². The van der Waals surface area contributed by atoms with Crippen LogP contribution in [0.3, 0.4) is 0 Å². The zero-order valence-electron chi connectivity index (χ0n) is 22.9. The molecule has 5 heteroatoms. The quantitative estimate of drug-likeness (QED) is 0.0912. The summed E-state index contributed by atoms with van der Waals surface area (Å²) in [5.41, 5.74) is 0. The topological polar surface area (TPSA) is 61.8 Å². The highest BCUT2D eigenvalue weighted by atomic mass is 16.6. The molecule has 0 amide bonds. The third kappa shape index (κ3) is 25.5. The molecule has 0 aliphatic rings. The molecule has 5 nitrogen and oxygen atoms in total. The van der Waals surface area contributed by atoms with Crippen molar-refractivity contribution in [2.45, 2.75) is 155 Å². The van der Waals surface area contributed by atoms with Crippen molar-refractivity contribution in [3.05, 3.63) is 0 Å². The lowest BCUT2D eigenvalue weighted by molar-refractivity contribution is -0.161. The third-order valence-corrected chi connectivity index (χ3v) is 6.19. The SMILES string of the molecule is CCCCCCCCCCCCCCCCOC[C@H](COC(=O)CCCCCCC)OC(C)=O. The van der Waals surface area contributed by atoms with E-state index < -0.39 is 6.10 Å². The molecule has 0 heterocycles. The second-order valence-electron chi connectivity index (χ2n) is 9.75. The van der Waals surface area contributed by atoms with Crippen LogP contribution in [0.25, 0.3) is 0 Å². The van der Waals surface area contributed by atoms with Crippen molar-refractivity contribution < 1.29 is 23.8 Å². The van der Waals surface area contributed by atoms with Gasteiger partial charge in [-0.15, -0.1) is 0 Å². The Morgan fingerprint density at radius 2 is 1.03 bits per heavy atom. The van der Waals surface area contributed by atoms with Gasteiger partial charge >= 0.3 is 11.9 Å². The highest BCUT2D eigenvalue weighted by molar-refractivity contribution is 5.69. The summed E-state index contributed by atoms with van der Waals surface area (Å²) in [6.07, 6.45) is 24.0. The summed E-state index contributed by atoms with van der Waals surface area (Å²) in [6, 6.07) is 0. The van der Waals surface area contributed by atoms with Crippen molar-refractivity contribution in [3.63, 3.8) is 0 Å². The van der Waals surface area contributed by atoms with Crippen molar-refractivity contribution in [3.8, 4) is 0 Å². The Kier molecular flexibility index (Phi) is 25.6.